The van der Waals surface area contributed by atoms with E-state index in [4.69, 9.17) is 4.74 Å². The fourth-order valence-corrected chi connectivity index (χ4v) is 3.68. The molecule has 158 valence electrons. The molecule has 1 amide bonds. The van der Waals surface area contributed by atoms with Gasteiger partial charge in [0, 0.05) is 5.56 Å². The number of hydrogen-bond acceptors (Lipinski definition) is 3. The Hall–Kier alpha value is -3.46. The number of carbonyl (C=O) groups is 1. The lowest BCUT2D eigenvalue weighted by Gasteiger charge is -2.09. The van der Waals surface area contributed by atoms with Crippen molar-refractivity contribution >= 4 is 33.7 Å². The molecule has 31 heavy (non-hydrogen) atoms. The van der Waals surface area contributed by atoms with Crippen molar-refractivity contribution in [3.63, 3.8) is 0 Å². The van der Waals surface area contributed by atoms with E-state index in [-0.39, 0.29) is 11.5 Å². The third-order valence-corrected chi connectivity index (χ3v) is 5.43. The molecule has 0 unspecified atom stereocenters. The molecule has 0 saturated heterocycles. The standard InChI is InChI=1S/C22H12F5NO2S/c23-16-17(24)19(26)21(20(27)18(16)25)28-22(29)15-7-11(10-31-15)9-30-14-6-5-12-3-1-2-4-13(12)8-14/h1-8,10H,9H2,(H,28,29). The first-order valence-corrected chi connectivity index (χ1v) is 9.75. The summed E-state index contributed by atoms with van der Waals surface area (Å²) < 4.78 is 72.9. The number of nitrogens with one attached hydrogen (secondary N) is 1. The summed E-state index contributed by atoms with van der Waals surface area (Å²) in [6.45, 7) is 0.116. The van der Waals surface area contributed by atoms with Crippen molar-refractivity contribution in [2.45, 2.75) is 6.61 Å². The molecule has 4 rings (SSSR count). The van der Waals surface area contributed by atoms with Gasteiger partial charge in [-0.15, -0.1) is 11.3 Å². The fraction of sp³-hybridized carbons (Fsp3) is 0.0455. The Morgan fingerprint density at radius 3 is 2.19 bits per heavy atom. The number of thiophene rings is 1. The van der Waals surface area contributed by atoms with E-state index in [0.717, 1.165) is 22.1 Å². The number of anilines is 1. The third kappa shape index (κ3) is 4.09. The topological polar surface area (TPSA) is 38.3 Å². The molecular formula is C22H12F5NO2S. The molecule has 1 heterocycles. The molecule has 4 aromatic rings. The first kappa shape index (κ1) is 20.8. The largest absolute Gasteiger partial charge is 0.489 e. The summed E-state index contributed by atoms with van der Waals surface area (Å²) in [6, 6.07) is 14.7. The summed E-state index contributed by atoms with van der Waals surface area (Å²) in [4.78, 5) is 12.3. The fourth-order valence-electron chi connectivity index (χ4n) is 2.88. The van der Waals surface area contributed by atoms with E-state index >= 15 is 0 Å². The van der Waals surface area contributed by atoms with Crippen molar-refractivity contribution in [3.8, 4) is 5.75 Å². The summed E-state index contributed by atoms with van der Waals surface area (Å²) in [6.07, 6.45) is 0. The summed E-state index contributed by atoms with van der Waals surface area (Å²) in [5, 5.41) is 5.38. The maximum absolute atomic E-state index is 13.8. The Labute approximate surface area is 176 Å². The highest BCUT2D eigenvalue weighted by Gasteiger charge is 2.27. The van der Waals surface area contributed by atoms with Gasteiger partial charge in [0.05, 0.1) is 4.88 Å². The highest BCUT2D eigenvalue weighted by atomic mass is 32.1. The molecule has 0 bridgehead atoms. The minimum Gasteiger partial charge on any atom is -0.489 e. The lowest BCUT2D eigenvalue weighted by Crippen LogP contribution is -2.16. The maximum atomic E-state index is 13.8. The van der Waals surface area contributed by atoms with Crippen molar-refractivity contribution < 1.29 is 31.5 Å². The van der Waals surface area contributed by atoms with Crippen molar-refractivity contribution in [1.82, 2.24) is 0 Å². The quantitative estimate of drug-likeness (QED) is 0.217. The number of hydrogen-bond donors (Lipinski definition) is 1. The van der Waals surface area contributed by atoms with Crippen molar-refractivity contribution in [2.24, 2.45) is 0 Å². The second kappa shape index (κ2) is 8.35. The molecule has 0 aliphatic carbocycles. The van der Waals surface area contributed by atoms with Gasteiger partial charge < -0.3 is 10.1 Å². The molecule has 0 radical (unpaired) electrons. The third-order valence-electron chi connectivity index (χ3n) is 4.45. The lowest BCUT2D eigenvalue weighted by atomic mass is 10.1. The number of halogens is 5. The van der Waals surface area contributed by atoms with Gasteiger partial charge in [-0.1, -0.05) is 30.3 Å². The van der Waals surface area contributed by atoms with Gasteiger partial charge in [0.25, 0.3) is 5.91 Å². The van der Waals surface area contributed by atoms with Crippen LogP contribution in [0.2, 0.25) is 0 Å². The van der Waals surface area contributed by atoms with E-state index in [1.54, 1.807) is 16.8 Å². The van der Waals surface area contributed by atoms with E-state index in [9.17, 15) is 26.7 Å². The average molecular weight is 449 g/mol. The van der Waals surface area contributed by atoms with Gasteiger partial charge in [0.15, 0.2) is 23.3 Å². The van der Waals surface area contributed by atoms with Gasteiger partial charge in [-0.3, -0.25) is 4.79 Å². The Balaban J connectivity index is 1.47. The molecule has 9 heteroatoms. The number of ether oxygens (including phenoxy) is 1. The number of fused-ring (bicyclic) bond motifs is 1. The van der Waals surface area contributed by atoms with Crippen molar-refractivity contribution in [2.75, 3.05) is 5.32 Å². The summed E-state index contributed by atoms with van der Waals surface area (Å²) in [7, 11) is 0. The number of carbonyl (C=O) groups excluding carboxylic acids is 1. The second-order valence-corrected chi connectivity index (χ2v) is 7.43. The van der Waals surface area contributed by atoms with Crippen LogP contribution in [0.15, 0.2) is 53.9 Å². The van der Waals surface area contributed by atoms with Gasteiger partial charge in [-0.25, -0.2) is 22.0 Å². The Morgan fingerprint density at radius 1 is 0.839 bits per heavy atom. The zero-order chi connectivity index (χ0) is 22.1. The van der Waals surface area contributed by atoms with Crippen LogP contribution in [-0.2, 0) is 6.61 Å². The van der Waals surface area contributed by atoms with Crippen molar-refractivity contribution in [1.29, 1.82) is 0 Å². The van der Waals surface area contributed by atoms with Gasteiger partial charge in [-0.05, 0) is 34.4 Å². The normalized spacial score (nSPS) is 11.0. The van der Waals surface area contributed by atoms with E-state index in [1.807, 2.05) is 36.4 Å². The molecule has 0 fully saturated rings. The molecule has 0 atom stereocenters. The molecule has 3 nitrogen and oxygen atoms in total. The van der Waals surface area contributed by atoms with Crippen LogP contribution < -0.4 is 10.1 Å². The minimum absolute atomic E-state index is 0.0149. The van der Waals surface area contributed by atoms with Crippen molar-refractivity contribution in [3.05, 3.63) is 93.4 Å². The summed E-state index contributed by atoms with van der Waals surface area (Å²) >= 11 is 0.939. The van der Waals surface area contributed by atoms with Gasteiger partial charge >= 0.3 is 0 Å². The van der Waals surface area contributed by atoms with Gasteiger partial charge in [-0.2, -0.15) is 0 Å². The van der Waals surface area contributed by atoms with E-state index in [0.29, 0.717) is 11.3 Å². The zero-order valence-electron chi connectivity index (χ0n) is 15.5. The molecule has 1 aromatic heterocycles. The van der Waals surface area contributed by atoms with Crippen LogP contribution in [0.4, 0.5) is 27.6 Å². The predicted octanol–water partition coefficient (Wildman–Crippen LogP) is 6.43. The predicted molar refractivity (Wildman–Crippen MR) is 107 cm³/mol. The lowest BCUT2D eigenvalue weighted by molar-refractivity contribution is 0.102. The Kier molecular flexibility index (Phi) is 5.60. The molecular weight excluding hydrogens is 437 g/mol. The van der Waals surface area contributed by atoms with E-state index in [1.165, 1.54) is 6.07 Å². The molecule has 3 aromatic carbocycles. The van der Waals surface area contributed by atoms with E-state index in [2.05, 4.69) is 0 Å². The van der Waals surface area contributed by atoms with Crippen LogP contribution in [0.25, 0.3) is 10.8 Å². The molecule has 0 aliphatic heterocycles. The Morgan fingerprint density at radius 2 is 1.48 bits per heavy atom. The van der Waals surface area contributed by atoms with Crippen LogP contribution in [0.1, 0.15) is 15.2 Å². The van der Waals surface area contributed by atoms with E-state index < -0.39 is 40.7 Å². The summed E-state index contributed by atoms with van der Waals surface area (Å²) in [5.74, 6) is -11.2. The van der Waals surface area contributed by atoms with Gasteiger partial charge in [0.2, 0.25) is 5.82 Å². The second-order valence-electron chi connectivity index (χ2n) is 6.52. The van der Waals surface area contributed by atoms with Crippen LogP contribution in [-0.4, -0.2) is 5.91 Å². The van der Waals surface area contributed by atoms with Crippen LogP contribution in [0, 0.1) is 29.1 Å². The maximum Gasteiger partial charge on any atom is 0.265 e. The number of amides is 1. The Bertz CT molecular complexity index is 1280. The summed E-state index contributed by atoms with van der Waals surface area (Å²) in [5.41, 5.74) is -0.801. The van der Waals surface area contributed by atoms with Crippen LogP contribution in [0.3, 0.4) is 0 Å². The zero-order valence-corrected chi connectivity index (χ0v) is 16.3. The smallest absolute Gasteiger partial charge is 0.265 e. The monoisotopic (exact) mass is 449 g/mol. The van der Waals surface area contributed by atoms with Crippen LogP contribution >= 0.6 is 11.3 Å². The molecule has 0 spiro atoms. The van der Waals surface area contributed by atoms with Crippen LogP contribution in [0.5, 0.6) is 5.75 Å². The highest BCUT2D eigenvalue weighted by molar-refractivity contribution is 7.12. The molecule has 0 saturated carbocycles. The average Bonchev–Trinajstić information content (AvgIpc) is 3.27. The number of rotatable bonds is 5. The molecule has 0 aliphatic rings. The highest BCUT2D eigenvalue weighted by Crippen LogP contribution is 2.28. The number of benzene rings is 3. The molecule has 1 N–H and O–H groups in total. The minimum atomic E-state index is -2.29. The first-order chi connectivity index (χ1) is 14.8. The SMILES string of the molecule is O=C(Nc1c(F)c(F)c(F)c(F)c1F)c1cc(COc2ccc3ccccc3c2)cs1. The first-order valence-electron chi connectivity index (χ1n) is 8.87. The van der Waals surface area contributed by atoms with Gasteiger partial charge in [0.1, 0.15) is 18.0 Å².